The highest BCUT2D eigenvalue weighted by molar-refractivity contribution is 8.00. The van der Waals surface area contributed by atoms with E-state index in [1.807, 2.05) is 24.3 Å². The highest BCUT2D eigenvalue weighted by Crippen LogP contribution is 2.29. The second kappa shape index (κ2) is 10.0. The number of aryl methyl sites for hydroxylation is 1. The molecule has 7 heteroatoms. The first-order chi connectivity index (χ1) is 15.5. The first-order valence-electron chi connectivity index (χ1n) is 10.1. The second-order valence-corrected chi connectivity index (χ2v) is 8.71. The number of carbonyl (C=O) groups excluding carboxylic acids is 1. The number of halogens is 1. The number of amides is 1. The predicted octanol–water partition coefficient (Wildman–Crippen LogP) is 5.92. The van der Waals surface area contributed by atoms with E-state index in [-0.39, 0.29) is 11.7 Å². The maximum Gasteiger partial charge on any atom is 0.234 e. The van der Waals surface area contributed by atoms with Gasteiger partial charge in [-0.3, -0.25) is 4.79 Å². The van der Waals surface area contributed by atoms with E-state index in [1.165, 1.54) is 17.3 Å². The van der Waals surface area contributed by atoms with Crippen molar-refractivity contribution < 1.29 is 9.53 Å². The van der Waals surface area contributed by atoms with E-state index < -0.39 is 0 Å². The molecular formula is C25H22ClN3O2S. The summed E-state index contributed by atoms with van der Waals surface area (Å²) in [6.07, 6.45) is 0.643. The van der Waals surface area contributed by atoms with Crippen molar-refractivity contribution in [2.75, 3.05) is 18.2 Å². The lowest BCUT2D eigenvalue weighted by molar-refractivity contribution is -0.113. The zero-order valence-electron chi connectivity index (χ0n) is 17.8. The lowest BCUT2D eigenvalue weighted by Crippen LogP contribution is -2.15. The lowest BCUT2D eigenvalue weighted by Gasteiger charge is -2.12. The molecule has 0 bridgehead atoms. The van der Waals surface area contributed by atoms with Gasteiger partial charge in [-0.05, 0) is 42.8 Å². The minimum Gasteiger partial charge on any atom is -0.495 e. The number of rotatable bonds is 7. The molecule has 0 saturated heterocycles. The van der Waals surface area contributed by atoms with Gasteiger partial charge in [0.15, 0.2) is 0 Å². The summed E-state index contributed by atoms with van der Waals surface area (Å²) in [7, 11) is 1.55. The lowest BCUT2D eigenvalue weighted by atomic mass is 10.1. The standard InChI is InChI=1S/C25H22ClN3O2S/c1-16-7-9-17(10-8-16)13-22-25(29-20-6-4-3-5-19(20)27-22)32-15-24(30)28-21-14-18(26)11-12-23(21)31-2/h3-12,14H,13,15H2,1-2H3,(H,28,30). The first-order valence-corrected chi connectivity index (χ1v) is 11.5. The van der Waals surface area contributed by atoms with Gasteiger partial charge < -0.3 is 10.1 Å². The van der Waals surface area contributed by atoms with Gasteiger partial charge in [-0.2, -0.15) is 0 Å². The zero-order chi connectivity index (χ0) is 22.5. The second-order valence-electron chi connectivity index (χ2n) is 7.31. The number of benzene rings is 3. The summed E-state index contributed by atoms with van der Waals surface area (Å²) in [5.74, 6) is 0.564. The van der Waals surface area contributed by atoms with Crippen LogP contribution in [0.4, 0.5) is 5.69 Å². The number of ether oxygens (including phenoxy) is 1. The van der Waals surface area contributed by atoms with Crippen LogP contribution < -0.4 is 10.1 Å². The van der Waals surface area contributed by atoms with E-state index in [1.54, 1.807) is 25.3 Å². The van der Waals surface area contributed by atoms with Crippen LogP contribution in [0.3, 0.4) is 0 Å². The molecule has 5 nitrogen and oxygen atoms in total. The number of hydrogen-bond donors (Lipinski definition) is 1. The third kappa shape index (κ3) is 5.39. The third-order valence-electron chi connectivity index (χ3n) is 4.87. The number of hydrogen-bond acceptors (Lipinski definition) is 5. The third-order valence-corrected chi connectivity index (χ3v) is 6.12. The quantitative estimate of drug-likeness (QED) is 0.344. The number of thioether (sulfide) groups is 1. The maximum atomic E-state index is 12.7. The number of aromatic nitrogens is 2. The Hall–Kier alpha value is -3.09. The Balaban J connectivity index is 1.55. The van der Waals surface area contributed by atoms with Crippen LogP contribution in [0, 0.1) is 6.92 Å². The topological polar surface area (TPSA) is 64.1 Å². The summed E-state index contributed by atoms with van der Waals surface area (Å²) < 4.78 is 5.30. The van der Waals surface area contributed by atoms with Crippen molar-refractivity contribution in [3.8, 4) is 5.75 Å². The summed E-state index contributed by atoms with van der Waals surface area (Å²) in [4.78, 5) is 22.3. The number of nitrogens with one attached hydrogen (secondary N) is 1. The van der Waals surface area contributed by atoms with Gasteiger partial charge in [0, 0.05) is 11.4 Å². The van der Waals surface area contributed by atoms with Gasteiger partial charge in [0.05, 0.1) is 35.3 Å². The van der Waals surface area contributed by atoms with Crippen LogP contribution in [0.25, 0.3) is 11.0 Å². The largest absolute Gasteiger partial charge is 0.495 e. The van der Waals surface area contributed by atoms with Crippen LogP contribution in [0.5, 0.6) is 5.75 Å². The van der Waals surface area contributed by atoms with Gasteiger partial charge in [-0.25, -0.2) is 9.97 Å². The monoisotopic (exact) mass is 463 g/mol. The Morgan fingerprint density at radius 2 is 1.75 bits per heavy atom. The zero-order valence-corrected chi connectivity index (χ0v) is 19.3. The molecule has 0 atom stereocenters. The van der Waals surface area contributed by atoms with Crippen molar-refractivity contribution in [2.24, 2.45) is 0 Å². The van der Waals surface area contributed by atoms with Crippen LogP contribution in [-0.2, 0) is 11.2 Å². The van der Waals surface area contributed by atoms with Crippen molar-refractivity contribution in [2.45, 2.75) is 18.4 Å². The first kappa shape index (κ1) is 22.1. The minimum absolute atomic E-state index is 0.174. The summed E-state index contributed by atoms with van der Waals surface area (Å²) in [6, 6.07) is 21.2. The SMILES string of the molecule is COc1ccc(Cl)cc1NC(=O)CSc1nc2ccccc2nc1Cc1ccc(C)cc1. The van der Waals surface area contributed by atoms with E-state index in [0.717, 1.165) is 27.3 Å². The molecule has 1 amide bonds. The molecule has 162 valence electrons. The van der Waals surface area contributed by atoms with Crippen LogP contribution in [0.1, 0.15) is 16.8 Å². The van der Waals surface area contributed by atoms with E-state index in [4.69, 9.17) is 26.3 Å². The van der Waals surface area contributed by atoms with Crippen molar-refractivity contribution in [1.82, 2.24) is 9.97 Å². The Morgan fingerprint density at radius 1 is 1.03 bits per heavy atom. The smallest absolute Gasteiger partial charge is 0.234 e. The number of nitrogens with zero attached hydrogens (tertiary/aromatic N) is 2. The van der Waals surface area contributed by atoms with E-state index >= 15 is 0 Å². The molecular weight excluding hydrogens is 442 g/mol. The van der Waals surface area contributed by atoms with Gasteiger partial charge >= 0.3 is 0 Å². The summed E-state index contributed by atoms with van der Waals surface area (Å²) >= 11 is 7.43. The van der Waals surface area contributed by atoms with E-state index in [9.17, 15) is 4.79 Å². The van der Waals surface area contributed by atoms with E-state index in [0.29, 0.717) is 22.9 Å². The molecule has 32 heavy (non-hydrogen) atoms. The van der Waals surface area contributed by atoms with Crippen LogP contribution in [-0.4, -0.2) is 28.7 Å². The van der Waals surface area contributed by atoms with E-state index in [2.05, 4.69) is 36.5 Å². The average Bonchev–Trinajstić information content (AvgIpc) is 2.79. The number of carbonyl (C=O) groups is 1. The van der Waals surface area contributed by atoms with Crippen molar-refractivity contribution in [3.63, 3.8) is 0 Å². The van der Waals surface area contributed by atoms with Gasteiger partial charge in [-0.1, -0.05) is 65.3 Å². The average molecular weight is 464 g/mol. The Labute approximate surface area is 196 Å². The predicted molar refractivity (Wildman–Crippen MR) is 131 cm³/mol. The molecule has 1 heterocycles. The molecule has 0 unspecified atom stereocenters. The molecule has 0 fully saturated rings. The highest BCUT2D eigenvalue weighted by Gasteiger charge is 2.14. The highest BCUT2D eigenvalue weighted by atomic mass is 35.5. The fourth-order valence-electron chi connectivity index (χ4n) is 3.25. The number of methoxy groups -OCH3 is 1. The molecule has 0 aliphatic rings. The van der Waals surface area contributed by atoms with Crippen LogP contribution in [0.15, 0.2) is 71.8 Å². The molecule has 0 radical (unpaired) electrons. The molecule has 1 N–H and O–H groups in total. The molecule has 4 rings (SSSR count). The molecule has 4 aromatic rings. The van der Waals surface area contributed by atoms with Crippen LogP contribution >= 0.6 is 23.4 Å². The molecule has 0 aliphatic carbocycles. The molecule has 1 aromatic heterocycles. The van der Waals surface area contributed by atoms with Gasteiger partial charge in [0.1, 0.15) is 10.8 Å². The van der Waals surface area contributed by atoms with Crippen molar-refractivity contribution in [3.05, 3.63) is 88.6 Å². The Kier molecular flexibility index (Phi) is 6.93. The molecule has 0 aliphatic heterocycles. The normalized spacial score (nSPS) is 10.8. The fraction of sp³-hybridized carbons (Fsp3) is 0.160. The van der Waals surface area contributed by atoms with Gasteiger partial charge in [0.25, 0.3) is 0 Å². The fourth-order valence-corrected chi connectivity index (χ4v) is 4.21. The maximum absolute atomic E-state index is 12.7. The molecule has 0 saturated carbocycles. The van der Waals surface area contributed by atoms with Crippen molar-refractivity contribution >= 4 is 46.0 Å². The Morgan fingerprint density at radius 3 is 2.47 bits per heavy atom. The van der Waals surface area contributed by atoms with Gasteiger partial charge in [0.2, 0.25) is 5.91 Å². The number of fused-ring (bicyclic) bond motifs is 1. The summed E-state index contributed by atoms with van der Waals surface area (Å²) in [5, 5.41) is 4.14. The molecule has 0 spiro atoms. The van der Waals surface area contributed by atoms with Gasteiger partial charge in [-0.15, -0.1) is 0 Å². The minimum atomic E-state index is -0.174. The Bertz CT molecular complexity index is 1260. The molecule has 3 aromatic carbocycles. The van der Waals surface area contributed by atoms with Crippen molar-refractivity contribution in [1.29, 1.82) is 0 Å². The summed E-state index contributed by atoms with van der Waals surface area (Å²) in [6.45, 7) is 2.06. The number of para-hydroxylation sites is 2. The number of anilines is 1. The van der Waals surface area contributed by atoms with Crippen LogP contribution in [0.2, 0.25) is 5.02 Å². The summed E-state index contributed by atoms with van der Waals surface area (Å²) in [5.41, 5.74) is 5.39.